The second-order valence-corrected chi connectivity index (χ2v) is 4.32. The molecule has 2 aromatic carbocycles. The topological polar surface area (TPSA) is 46.4 Å². The van der Waals surface area contributed by atoms with Crippen LogP contribution in [0, 0.1) is 22.9 Å². The van der Waals surface area contributed by atoms with Crippen molar-refractivity contribution < 1.29 is 9.31 Å². The molecule has 0 aliphatic carbocycles. The highest BCUT2D eigenvalue weighted by atomic mass is 19.1. The summed E-state index contributed by atoms with van der Waals surface area (Å²) in [4.78, 5) is 11.8. The third-order valence-corrected chi connectivity index (χ3v) is 2.89. The van der Waals surface area contributed by atoms with Gasteiger partial charge in [-0.2, -0.15) is 0 Å². The molecule has 0 bridgehead atoms. The number of rotatable bonds is 3. The number of aryl methyl sites for hydroxylation is 1. The number of nitro benzene ring substituents is 1. The number of halogens is 1. The van der Waals surface area contributed by atoms with Gasteiger partial charge in [-0.1, -0.05) is 17.7 Å². The summed E-state index contributed by atoms with van der Waals surface area (Å²) in [6.45, 7) is 1.97. The van der Waals surface area contributed by atoms with E-state index in [1.165, 1.54) is 12.1 Å². The summed E-state index contributed by atoms with van der Waals surface area (Å²) in [5, 5.41) is 10.7. The lowest BCUT2D eigenvalue weighted by Crippen LogP contribution is -2.10. The molecule has 19 heavy (non-hydrogen) atoms. The second kappa shape index (κ2) is 5.06. The average molecular weight is 260 g/mol. The van der Waals surface area contributed by atoms with E-state index in [0.717, 1.165) is 17.3 Å². The number of hydrogen-bond donors (Lipinski definition) is 0. The van der Waals surface area contributed by atoms with Gasteiger partial charge < -0.3 is 4.90 Å². The molecule has 0 saturated heterocycles. The number of hydrogen-bond acceptors (Lipinski definition) is 3. The van der Waals surface area contributed by atoms with Crippen molar-refractivity contribution in [3.8, 4) is 0 Å². The van der Waals surface area contributed by atoms with Crippen molar-refractivity contribution >= 4 is 17.1 Å². The third kappa shape index (κ3) is 2.88. The zero-order valence-electron chi connectivity index (χ0n) is 10.6. The average Bonchev–Trinajstić information content (AvgIpc) is 2.38. The Labute approximate surface area is 110 Å². The molecule has 0 aliphatic rings. The Morgan fingerprint density at radius 1 is 1.11 bits per heavy atom. The predicted molar refractivity (Wildman–Crippen MR) is 72.3 cm³/mol. The van der Waals surface area contributed by atoms with Crippen LogP contribution in [0.3, 0.4) is 0 Å². The van der Waals surface area contributed by atoms with Crippen LogP contribution in [0.15, 0.2) is 42.5 Å². The molecule has 4 nitrogen and oxygen atoms in total. The Hall–Kier alpha value is -2.43. The molecule has 0 fully saturated rings. The van der Waals surface area contributed by atoms with E-state index in [0.29, 0.717) is 5.69 Å². The van der Waals surface area contributed by atoms with Crippen LogP contribution in [-0.4, -0.2) is 12.0 Å². The first-order valence-electron chi connectivity index (χ1n) is 5.73. The fourth-order valence-electron chi connectivity index (χ4n) is 1.78. The summed E-state index contributed by atoms with van der Waals surface area (Å²) in [5.41, 5.74) is 2.14. The molecule has 0 N–H and O–H groups in total. The quantitative estimate of drug-likeness (QED) is 0.622. The van der Waals surface area contributed by atoms with Crippen LogP contribution in [0.1, 0.15) is 5.56 Å². The van der Waals surface area contributed by atoms with Gasteiger partial charge in [0.1, 0.15) is 5.82 Å². The lowest BCUT2D eigenvalue weighted by atomic mass is 10.2. The number of nitrogens with zero attached hydrogens (tertiary/aromatic N) is 2. The lowest BCUT2D eigenvalue weighted by Gasteiger charge is -2.19. The van der Waals surface area contributed by atoms with E-state index in [9.17, 15) is 14.5 Å². The largest absolute Gasteiger partial charge is 0.344 e. The van der Waals surface area contributed by atoms with E-state index in [1.54, 1.807) is 11.9 Å². The molecule has 2 aromatic rings. The fourth-order valence-corrected chi connectivity index (χ4v) is 1.78. The minimum absolute atomic E-state index is 0.256. The van der Waals surface area contributed by atoms with Crippen molar-refractivity contribution in [3.05, 3.63) is 64.0 Å². The lowest BCUT2D eigenvalue weighted by molar-refractivity contribution is -0.385. The predicted octanol–water partition coefficient (Wildman–Crippen LogP) is 3.81. The summed E-state index contributed by atoms with van der Waals surface area (Å²) in [5.74, 6) is -0.622. The van der Waals surface area contributed by atoms with Crippen molar-refractivity contribution in [2.75, 3.05) is 11.9 Å². The molecule has 0 aliphatic heterocycles. The summed E-state index contributed by atoms with van der Waals surface area (Å²) < 4.78 is 13.4. The minimum Gasteiger partial charge on any atom is -0.344 e. The van der Waals surface area contributed by atoms with Crippen LogP contribution >= 0.6 is 0 Å². The molecule has 5 heteroatoms. The fraction of sp³-hybridized carbons (Fsp3) is 0.143. The number of anilines is 2. The molecule has 98 valence electrons. The Bertz CT molecular complexity index is 611. The normalized spacial score (nSPS) is 10.3. The highest BCUT2D eigenvalue weighted by Gasteiger charge is 2.13. The van der Waals surface area contributed by atoms with Gasteiger partial charge in [0, 0.05) is 18.8 Å². The highest BCUT2D eigenvalue weighted by molar-refractivity contribution is 5.65. The Kier molecular flexibility index (Phi) is 3.46. The zero-order chi connectivity index (χ0) is 14.0. The summed E-state index contributed by atoms with van der Waals surface area (Å²) in [6, 6.07) is 11.2. The van der Waals surface area contributed by atoms with E-state index in [-0.39, 0.29) is 5.69 Å². The van der Waals surface area contributed by atoms with Crippen molar-refractivity contribution in [1.82, 2.24) is 0 Å². The molecule has 0 saturated carbocycles. The molecular weight excluding hydrogens is 247 g/mol. The van der Waals surface area contributed by atoms with Crippen molar-refractivity contribution in [1.29, 1.82) is 0 Å². The van der Waals surface area contributed by atoms with Gasteiger partial charge >= 0.3 is 0 Å². The second-order valence-electron chi connectivity index (χ2n) is 4.32. The van der Waals surface area contributed by atoms with E-state index in [1.807, 2.05) is 31.2 Å². The zero-order valence-corrected chi connectivity index (χ0v) is 10.6. The summed E-state index contributed by atoms with van der Waals surface area (Å²) >= 11 is 0. The molecule has 0 radical (unpaired) electrons. The number of non-ortho nitro benzene ring substituents is 1. The van der Waals surface area contributed by atoms with Gasteiger partial charge in [0.05, 0.1) is 16.7 Å². The smallest absolute Gasteiger partial charge is 0.274 e. The van der Waals surface area contributed by atoms with Crippen molar-refractivity contribution in [2.45, 2.75) is 6.92 Å². The van der Waals surface area contributed by atoms with E-state index < -0.39 is 10.7 Å². The molecule has 0 aromatic heterocycles. The van der Waals surface area contributed by atoms with Crippen LogP contribution in [0.5, 0.6) is 0 Å². The van der Waals surface area contributed by atoms with Gasteiger partial charge in [0.25, 0.3) is 5.69 Å². The first-order valence-corrected chi connectivity index (χ1v) is 5.73. The monoisotopic (exact) mass is 260 g/mol. The first-order chi connectivity index (χ1) is 8.97. The van der Waals surface area contributed by atoms with Crippen LogP contribution < -0.4 is 4.90 Å². The molecule has 0 heterocycles. The number of benzene rings is 2. The highest BCUT2D eigenvalue weighted by Crippen LogP contribution is 2.28. The number of nitro groups is 1. The van der Waals surface area contributed by atoms with E-state index in [2.05, 4.69) is 0 Å². The summed E-state index contributed by atoms with van der Waals surface area (Å²) in [6.07, 6.45) is 0. The van der Waals surface area contributed by atoms with Gasteiger partial charge in [-0.3, -0.25) is 10.1 Å². The molecule has 0 amide bonds. The Balaban J connectivity index is 2.40. The molecule has 0 atom stereocenters. The summed E-state index contributed by atoms with van der Waals surface area (Å²) in [7, 11) is 1.74. The Morgan fingerprint density at radius 3 is 2.32 bits per heavy atom. The van der Waals surface area contributed by atoms with Gasteiger partial charge in [-0.15, -0.1) is 0 Å². The van der Waals surface area contributed by atoms with E-state index >= 15 is 0 Å². The van der Waals surface area contributed by atoms with Gasteiger partial charge in [0.15, 0.2) is 0 Å². The van der Waals surface area contributed by atoms with Gasteiger partial charge in [-0.25, -0.2) is 4.39 Å². The van der Waals surface area contributed by atoms with Crippen LogP contribution in [0.2, 0.25) is 0 Å². The molecule has 0 unspecified atom stereocenters. The molecular formula is C14H13FN2O2. The van der Waals surface area contributed by atoms with Crippen LogP contribution in [-0.2, 0) is 0 Å². The van der Waals surface area contributed by atoms with Crippen molar-refractivity contribution in [3.63, 3.8) is 0 Å². The first kappa shape index (κ1) is 13.0. The molecule has 0 spiro atoms. The van der Waals surface area contributed by atoms with Crippen molar-refractivity contribution in [2.24, 2.45) is 0 Å². The van der Waals surface area contributed by atoms with Gasteiger partial charge in [0.2, 0.25) is 0 Å². The molecule has 2 rings (SSSR count). The third-order valence-electron chi connectivity index (χ3n) is 2.89. The van der Waals surface area contributed by atoms with Gasteiger partial charge in [-0.05, 0) is 25.1 Å². The Morgan fingerprint density at radius 2 is 1.74 bits per heavy atom. The van der Waals surface area contributed by atoms with E-state index in [4.69, 9.17) is 0 Å². The van der Waals surface area contributed by atoms with Crippen LogP contribution in [0.4, 0.5) is 21.5 Å². The maximum Gasteiger partial charge on any atom is 0.274 e. The maximum absolute atomic E-state index is 13.4. The SMILES string of the molecule is Cc1ccc(N(C)c2cc(F)cc([N+](=O)[O-])c2)cc1. The van der Waals surface area contributed by atoms with Crippen LogP contribution in [0.25, 0.3) is 0 Å². The minimum atomic E-state index is -0.622. The standard InChI is InChI=1S/C14H13FN2O2/c1-10-3-5-12(6-4-10)16(2)13-7-11(15)8-14(9-13)17(18)19/h3-9H,1-2H3. The maximum atomic E-state index is 13.4.